The number of aliphatic hydroxyl groups is 2. The van der Waals surface area contributed by atoms with Gasteiger partial charge < -0.3 is 20.3 Å². The maximum atomic E-state index is 15.4. The Hall–Kier alpha value is -2.16. The Balaban J connectivity index is 1.87. The second kappa shape index (κ2) is 11.5. The second-order valence-electron chi connectivity index (χ2n) is 11.2. The van der Waals surface area contributed by atoms with Gasteiger partial charge in [0.05, 0.1) is 47.5 Å². The third kappa shape index (κ3) is 6.58. The summed E-state index contributed by atoms with van der Waals surface area (Å²) in [5.41, 5.74) is -1.26. The SMILES string of the molecule is CC[C@H]1C(=O)C(C)(C)[C@@H](O)CC(=O)N[C@H](C(F)=Cc2ccccn2)CC2OC2(C)CCC[C@H](C)[C@@H]1O. The first-order valence-corrected chi connectivity index (χ1v) is 13.0. The van der Waals surface area contributed by atoms with Gasteiger partial charge in [0.2, 0.25) is 5.91 Å². The minimum Gasteiger partial charge on any atom is -0.392 e. The number of aliphatic hydroxyl groups excluding tert-OH is 2. The van der Waals surface area contributed by atoms with Gasteiger partial charge in [-0.1, -0.05) is 40.2 Å². The standard InChI is InChI=1S/C28H41FN2O5/c1-6-19-25(34)17(2)10-9-12-28(5)23(36-28)15-21(20(29)14-18-11-7-8-13-30-18)31-24(33)16-22(32)27(3,4)26(19)35/h7-8,11,13-14,17,19,21-23,25,32,34H,6,9-10,12,15-16H2,1-5H3,(H,31,33)/t17-,19+,21-,22-,23?,25-,28?/m0/s1. The molecule has 0 radical (unpaired) electrons. The number of pyridine rings is 1. The molecule has 200 valence electrons. The van der Waals surface area contributed by atoms with Crippen LogP contribution in [0, 0.1) is 17.3 Å². The van der Waals surface area contributed by atoms with Crippen molar-refractivity contribution in [1.82, 2.24) is 10.3 Å². The van der Waals surface area contributed by atoms with E-state index in [9.17, 15) is 19.8 Å². The zero-order valence-electron chi connectivity index (χ0n) is 22.0. The van der Waals surface area contributed by atoms with Crippen molar-refractivity contribution in [3.05, 3.63) is 35.9 Å². The monoisotopic (exact) mass is 504 g/mol. The van der Waals surface area contributed by atoms with Gasteiger partial charge in [-0.15, -0.1) is 0 Å². The van der Waals surface area contributed by atoms with E-state index in [4.69, 9.17) is 4.74 Å². The molecule has 2 saturated heterocycles. The highest BCUT2D eigenvalue weighted by atomic mass is 19.1. The van der Waals surface area contributed by atoms with E-state index in [1.807, 2.05) is 20.8 Å². The zero-order chi connectivity index (χ0) is 26.7. The van der Waals surface area contributed by atoms with E-state index in [0.717, 1.165) is 12.8 Å². The van der Waals surface area contributed by atoms with Gasteiger partial charge in [-0.05, 0) is 50.3 Å². The fourth-order valence-corrected chi connectivity index (χ4v) is 5.22. The molecule has 0 spiro atoms. The number of amides is 1. The summed E-state index contributed by atoms with van der Waals surface area (Å²) in [6.07, 6.45) is 3.04. The number of carbonyl (C=O) groups is 2. The summed E-state index contributed by atoms with van der Waals surface area (Å²) in [5, 5.41) is 24.6. The fourth-order valence-electron chi connectivity index (χ4n) is 5.22. The van der Waals surface area contributed by atoms with Crippen molar-refractivity contribution in [2.24, 2.45) is 17.3 Å². The predicted octanol–water partition coefficient (Wildman–Crippen LogP) is 3.98. The summed E-state index contributed by atoms with van der Waals surface area (Å²) in [6.45, 7) is 8.95. The lowest BCUT2D eigenvalue weighted by molar-refractivity contribution is -0.144. The number of ether oxygens (including phenoxy) is 1. The molecule has 36 heavy (non-hydrogen) atoms. The second-order valence-corrected chi connectivity index (χ2v) is 11.2. The van der Waals surface area contributed by atoms with Crippen LogP contribution in [0.1, 0.15) is 78.8 Å². The number of aromatic nitrogens is 1. The molecule has 0 aromatic carbocycles. The summed E-state index contributed by atoms with van der Waals surface area (Å²) in [4.78, 5) is 30.5. The van der Waals surface area contributed by atoms with Crippen molar-refractivity contribution in [1.29, 1.82) is 0 Å². The van der Waals surface area contributed by atoms with E-state index in [1.54, 1.807) is 38.2 Å². The van der Waals surface area contributed by atoms with Gasteiger partial charge in [-0.3, -0.25) is 14.6 Å². The fraction of sp³-hybridized carbons (Fsp3) is 0.679. The van der Waals surface area contributed by atoms with Crippen LogP contribution < -0.4 is 5.32 Å². The molecule has 7 atom stereocenters. The largest absolute Gasteiger partial charge is 0.392 e. The van der Waals surface area contributed by atoms with Gasteiger partial charge >= 0.3 is 0 Å². The number of hydrogen-bond donors (Lipinski definition) is 3. The van der Waals surface area contributed by atoms with Crippen LogP contribution in [0.2, 0.25) is 0 Å². The predicted molar refractivity (Wildman–Crippen MR) is 135 cm³/mol. The lowest BCUT2D eigenvalue weighted by atomic mass is 9.71. The van der Waals surface area contributed by atoms with E-state index in [2.05, 4.69) is 10.3 Å². The quantitative estimate of drug-likeness (QED) is 0.537. The Morgan fingerprint density at radius 2 is 2.00 bits per heavy atom. The van der Waals surface area contributed by atoms with Crippen LogP contribution in [0.5, 0.6) is 0 Å². The highest BCUT2D eigenvalue weighted by molar-refractivity contribution is 5.88. The summed E-state index contributed by atoms with van der Waals surface area (Å²) < 4.78 is 21.3. The summed E-state index contributed by atoms with van der Waals surface area (Å²) >= 11 is 0. The molecule has 0 aliphatic carbocycles. The molecule has 0 saturated carbocycles. The minimum atomic E-state index is -1.29. The lowest BCUT2D eigenvalue weighted by Gasteiger charge is -2.35. The van der Waals surface area contributed by atoms with Crippen molar-refractivity contribution in [2.45, 2.75) is 103 Å². The van der Waals surface area contributed by atoms with Gasteiger partial charge in [0.1, 0.15) is 11.6 Å². The number of epoxide rings is 1. The summed E-state index contributed by atoms with van der Waals surface area (Å²) in [5.74, 6) is -2.14. The summed E-state index contributed by atoms with van der Waals surface area (Å²) in [6, 6.07) is 4.21. The van der Waals surface area contributed by atoms with Crippen LogP contribution in [0.15, 0.2) is 30.2 Å². The molecule has 1 aromatic heterocycles. The number of carbonyl (C=O) groups excluding carboxylic acids is 2. The van der Waals surface area contributed by atoms with Crippen LogP contribution in [-0.4, -0.2) is 56.8 Å². The molecule has 1 amide bonds. The van der Waals surface area contributed by atoms with Gasteiger partial charge in [-0.2, -0.15) is 0 Å². The topological polar surface area (TPSA) is 112 Å². The number of Topliss-reactive ketones (excluding diaryl/α,β-unsaturated/α-hetero) is 1. The highest BCUT2D eigenvalue weighted by Crippen LogP contribution is 2.44. The lowest BCUT2D eigenvalue weighted by Crippen LogP contribution is -2.48. The zero-order valence-corrected chi connectivity index (χ0v) is 22.0. The van der Waals surface area contributed by atoms with Crippen LogP contribution in [0.4, 0.5) is 4.39 Å². The Kier molecular flexibility index (Phi) is 9.06. The smallest absolute Gasteiger partial charge is 0.223 e. The molecule has 3 rings (SSSR count). The normalized spacial score (nSPS) is 36.6. The van der Waals surface area contributed by atoms with E-state index in [-0.39, 0.29) is 30.6 Å². The maximum Gasteiger partial charge on any atom is 0.223 e. The Labute approximate surface area is 213 Å². The Bertz CT molecular complexity index is 953. The van der Waals surface area contributed by atoms with Crippen molar-refractivity contribution in [3.63, 3.8) is 0 Å². The molecular formula is C28H41FN2O5. The van der Waals surface area contributed by atoms with Crippen LogP contribution in [0.3, 0.4) is 0 Å². The molecule has 2 aliphatic heterocycles. The number of nitrogens with one attached hydrogen (secondary N) is 1. The average Bonchev–Trinajstić information content (AvgIpc) is 3.47. The van der Waals surface area contributed by atoms with Crippen molar-refractivity contribution >= 4 is 17.8 Å². The van der Waals surface area contributed by atoms with E-state index < -0.39 is 46.9 Å². The first kappa shape index (κ1) is 28.4. The first-order chi connectivity index (χ1) is 16.9. The van der Waals surface area contributed by atoms with E-state index in [1.165, 1.54) is 6.08 Å². The minimum absolute atomic E-state index is 0.115. The Morgan fingerprint density at radius 1 is 1.28 bits per heavy atom. The van der Waals surface area contributed by atoms with Gasteiger partial charge in [0, 0.05) is 18.5 Å². The number of nitrogens with zero attached hydrogens (tertiary/aromatic N) is 1. The third-order valence-corrected chi connectivity index (χ3v) is 8.08. The molecule has 3 N–H and O–H groups in total. The number of hydrogen-bond acceptors (Lipinski definition) is 6. The van der Waals surface area contributed by atoms with Crippen molar-refractivity contribution in [2.75, 3.05) is 0 Å². The van der Waals surface area contributed by atoms with Crippen molar-refractivity contribution < 1.29 is 28.9 Å². The molecule has 2 unspecified atom stereocenters. The molecule has 7 nitrogen and oxygen atoms in total. The molecule has 8 heteroatoms. The van der Waals surface area contributed by atoms with Crippen LogP contribution in [0.25, 0.3) is 6.08 Å². The van der Waals surface area contributed by atoms with Crippen LogP contribution >= 0.6 is 0 Å². The molecule has 0 bridgehead atoms. The average molecular weight is 505 g/mol. The number of rotatable bonds is 3. The number of halogens is 1. The highest BCUT2D eigenvalue weighted by Gasteiger charge is 2.53. The van der Waals surface area contributed by atoms with Gasteiger partial charge in [0.25, 0.3) is 0 Å². The summed E-state index contributed by atoms with van der Waals surface area (Å²) in [7, 11) is 0. The van der Waals surface area contributed by atoms with E-state index >= 15 is 4.39 Å². The molecular weight excluding hydrogens is 463 g/mol. The van der Waals surface area contributed by atoms with E-state index in [0.29, 0.717) is 18.5 Å². The molecule has 2 fully saturated rings. The van der Waals surface area contributed by atoms with Crippen LogP contribution in [-0.2, 0) is 14.3 Å². The third-order valence-electron chi connectivity index (χ3n) is 8.08. The molecule has 1 aromatic rings. The van der Waals surface area contributed by atoms with Gasteiger partial charge in [-0.25, -0.2) is 4.39 Å². The Morgan fingerprint density at radius 3 is 2.64 bits per heavy atom. The number of fused-ring (bicyclic) bond motifs is 1. The molecule has 3 heterocycles. The van der Waals surface area contributed by atoms with Crippen molar-refractivity contribution in [3.8, 4) is 0 Å². The maximum absolute atomic E-state index is 15.4. The number of ketones is 1. The molecule has 2 aliphatic rings. The first-order valence-electron chi connectivity index (χ1n) is 13.0. The van der Waals surface area contributed by atoms with Gasteiger partial charge in [0.15, 0.2) is 0 Å².